The first-order valence-corrected chi connectivity index (χ1v) is 11.3. The Labute approximate surface area is 196 Å². The number of hydrogen-bond acceptors (Lipinski definition) is 5. The third-order valence-electron chi connectivity index (χ3n) is 5.61. The van der Waals surface area contributed by atoms with Gasteiger partial charge in [0.2, 0.25) is 5.88 Å². The van der Waals surface area contributed by atoms with Gasteiger partial charge in [-0.25, -0.2) is 4.68 Å². The molecule has 33 heavy (non-hydrogen) atoms. The van der Waals surface area contributed by atoms with Crippen LogP contribution in [-0.2, 0) is 11.3 Å². The Hall–Kier alpha value is -3.11. The first-order valence-electron chi connectivity index (χ1n) is 11.3. The van der Waals surface area contributed by atoms with E-state index in [-0.39, 0.29) is 19.3 Å². The number of terminal acetylenes is 1. The van der Waals surface area contributed by atoms with Crippen LogP contribution < -0.4 is 4.74 Å². The Morgan fingerprint density at radius 1 is 1.12 bits per heavy atom. The van der Waals surface area contributed by atoms with E-state index in [1.165, 1.54) is 0 Å². The van der Waals surface area contributed by atoms with Crippen LogP contribution in [0.15, 0.2) is 60.7 Å². The Bertz CT molecular complexity index is 1030. The van der Waals surface area contributed by atoms with Crippen molar-refractivity contribution < 1.29 is 14.6 Å². The number of aryl methyl sites for hydroxylation is 1. The van der Waals surface area contributed by atoms with Crippen molar-refractivity contribution in [3.8, 4) is 29.7 Å². The predicted octanol–water partition coefficient (Wildman–Crippen LogP) is 4.58. The second kappa shape index (κ2) is 12.2. The predicted molar refractivity (Wildman–Crippen MR) is 131 cm³/mol. The average molecular weight is 448 g/mol. The Morgan fingerprint density at radius 2 is 1.79 bits per heavy atom. The van der Waals surface area contributed by atoms with Crippen molar-refractivity contribution in [3.05, 3.63) is 71.9 Å². The number of aliphatic hydroxyl groups excluding tert-OH is 1. The van der Waals surface area contributed by atoms with Gasteiger partial charge in [-0.05, 0) is 44.5 Å². The minimum atomic E-state index is -0.643. The minimum Gasteiger partial charge on any atom is -0.439 e. The highest BCUT2D eigenvalue weighted by molar-refractivity contribution is 5.43. The average Bonchev–Trinajstić information content (AvgIpc) is 3.14. The zero-order chi connectivity index (χ0) is 23.6. The molecule has 1 N–H and O–H groups in total. The van der Waals surface area contributed by atoms with E-state index >= 15 is 0 Å². The molecule has 1 heterocycles. The Morgan fingerprint density at radius 3 is 2.42 bits per heavy atom. The fraction of sp³-hybridized carbons (Fsp3) is 0.370. The summed E-state index contributed by atoms with van der Waals surface area (Å²) in [6, 6.07) is 19.9. The summed E-state index contributed by atoms with van der Waals surface area (Å²) in [4.78, 5) is 2.24. The molecule has 0 saturated heterocycles. The summed E-state index contributed by atoms with van der Waals surface area (Å²) in [5, 5.41) is 15.3. The van der Waals surface area contributed by atoms with E-state index in [4.69, 9.17) is 21.0 Å². The molecule has 3 aromatic rings. The van der Waals surface area contributed by atoms with E-state index in [9.17, 15) is 5.11 Å². The third-order valence-corrected chi connectivity index (χ3v) is 5.61. The maximum atomic E-state index is 10.5. The lowest BCUT2D eigenvalue weighted by Crippen LogP contribution is -2.40. The molecule has 0 saturated carbocycles. The van der Waals surface area contributed by atoms with E-state index in [2.05, 4.69) is 24.7 Å². The number of ether oxygens (including phenoxy) is 2. The molecule has 3 rings (SSSR count). The monoisotopic (exact) mass is 447 g/mol. The fourth-order valence-electron chi connectivity index (χ4n) is 3.61. The van der Waals surface area contributed by atoms with Gasteiger partial charge < -0.3 is 14.6 Å². The lowest BCUT2D eigenvalue weighted by molar-refractivity contribution is 0.0168. The molecule has 1 aromatic heterocycles. The van der Waals surface area contributed by atoms with Crippen LogP contribution in [0.5, 0.6) is 11.6 Å². The summed E-state index contributed by atoms with van der Waals surface area (Å²) in [5.74, 6) is 3.85. The molecule has 0 aliphatic heterocycles. The van der Waals surface area contributed by atoms with Crippen molar-refractivity contribution in [2.45, 2.75) is 45.9 Å². The van der Waals surface area contributed by atoms with E-state index in [1.54, 1.807) is 0 Å². The molecular weight excluding hydrogens is 414 g/mol. The number of aliphatic hydroxyl groups is 1. The maximum Gasteiger partial charge on any atom is 0.227 e. The van der Waals surface area contributed by atoms with E-state index in [0.29, 0.717) is 19.0 Å². The van der Waals surface area contributed by atoms with E-state index < -0.39 is 6.10 Å². The van der Waals surface area contributed by atoms with Gasteiger partial charge in [-0.1, -0.05) is 49.2 Å². The number of benzene rings is 2. The fourth-order valence-corrected chi connectivity index (χ4v) is 3.61. The molecule has 0 bridgehead atoms. The molecule has 0 amide bonds. The van der Waals surface area contributed by atoms with Crippen molar-refractivity contribution in [1.82, 2.24) is 14.7 Å². The first-order chi connectivity index (χ1) is 16.0. The van der Waals surface area contributed by atoms with Gasteiger partial charge >= 0.3 is 0 Å². The van der Waals surface area contributed by atoms with Gasteiger partial charge in [-0.3, -0.25) is 4.90 Å². The second-order valence-electron chi connectivity index (χ2n) is 8.09. The van der Waals surface area contributed by atoms with Crippen molar-refractivity contribution >= 4 is 0 Å². The van der Waals surface area contributed by atoms with E-state index in [0.717, 1.165) is 29.1 Å². The number of rotatable bonds is 12. The van der Waals surface area contributed by atoms with Crippen molar-refractivity contribution in [2.24, 2.45) is 0 Å². The first kappa shape index (κ1) is 24.5. The number of para-hydroxylation sites is 2. The topological polar surface area (TPSA) is 59.8 Å². The van der Waals surface area contributed by atoms with Crippen LogP contribution in [0.25, 0.3) is 5.69 Å². The summed E-state index contributed by atoms with van der Waals surface area (Å²) in [6.45, 7) is 7.73. The summed E-state index contributed by atoms with van der Waals surface area (Å²) >= 11 is 0. The third kappa shape index (κ3) is 6.69. The largest absolute Gasteiger partial charge is 0.439 e. The van der Waals surface area contributed by atoms with Gasteiger partial charge in [0.1, 0.15) is 12.4 Å². The molecule has 0 aliphatic carbocycles. The van der Waals surface area contributed by atoms with Gasteiger partial charge in [0, 0.05) is 19.1 Å². The number of nitrogens with zero attached hydrogens (tertiary/aromatic N) is 3. The maximum absolute atomic E-state index is 10.5. The van der Waals surface area contributed by atoms with Gasteiger partial charge in [0.25, 0.3) is 0 Å². The molecule has 0 fully saturated rings. The molecule has 174 valence electrons. The quantitative estimate of drug-likeness (QED) is 0.325. The Kier molecular flexibility index (Phi) is 9.08. The molecule has 6 heteroatoms. The van der Waals surface area contributed by atoms with Crippen LogP contribution in [0.3, 0.4) is 0 Å². The van der Waals surface area contributed by atoms with Gasteiger partial charge in [-0.2, -0.15) is 5.10 Å². The van der Waals surface area contributed by atoms with Gasteiger partial charge in [0.05, 0.1) is 29.7 Å². The van der Waals surface area contributed by atoms with Crippen LogP contribution in [0.1, 0.15) is 31.5 Å². The molecule has 2 aromatic carbocycles. The molecule has 2 atom stereocenters. The summed E-state index contributed by atoms with van der Waals surface area (Å²) < 4.78 is 13.6. The number of hydrogen-bond donors (Lipinski definition) is 1. The normalized spacial score (nSPS) is 13.0. The SMILES string of the molecule is C#CCOC[C@H](O)CN(Cc1c(C)nn(-c2ccccc2)c1Oc1ccccc1)[C@H](C)CC. The van der Waals surface area contributed by atoms with Crippen LogP contribution in [-0.4, -0.2) is 51.7 Å². The van der Waals surface area contributed by atoms with Crippen molar-refractivity contribution in [2.75, 3.05) is 19.8 Å². The summed E-state index contributed by atoms with van der Waals surface area (Å²) in [7, 11) is 0. The highest BCUT2D eigenvalue weighted by atomic mass is 16.5. The zero-order valence-corrected chi connectivity index (χ0v) is 19.6. The molecule has 0 aliphatic rings. The highest BCUT2D eigenvalue weighted by Gasteiger charge is 2.24. The van der Waals surface area contributed by atoms with Crippen LogP contribution in [0.2, 0.25) is 0 Å². The summed E-state index contributed by atoms with van der Waals surface area (Å²) in [6.07, 6.45) is 5.54. The van der Waals surface area contributed by atoms with Crippen LogP contribution in [0, 0.1) is 19.3 Å². The van der Waals surface area contributed by atoms with Gasteiger partial charge in [0.15, 0.2) is 0 Å². The highest BCUT2D eigenvalue weighted by Crippen LogP contribution is 2.32. The van der Waals surface area contributed by atoms with Gasteiger partial charge in [-0.15, -0.1) is 6.42 Å². The van der Waals surface area contributed by atoms with Crippen molar-refractivity contribution in [1.29, 1.82) is 0 Å². The molecule has 0 unspecified atom stereocenters. The van der Waals surface area contributed by atoms with E-state index in [1.807, 2.05) is 72.3 Å². The lowest BCUT2D eigenvalue weighted by atomic mass is 10.1. The van der Waals surface area contributed by atoms with Crippen LogP contribution >= 0.6 is 0 Å². The molecule has 6 nitrogen and oxygen atoms in total. The molecule has 0 spiro atoms. The molecule has 0 radical (unpaired) electrons. The second-order valence-corrected chi connectivity index (χ2v) is 8.09. The summed E-state index contributed by atoms with van der Waals surface area (Å²) in [5.41, 5.74) is 2.80. The Balaban J connectivity index is 1.94. The number of aromatic nitrogens is 2. The molecular formula is C27H33N3O3. The smallest absolute Gasteiger partial charge is 0.227 e. The van der Waals surface area contributed by atoms with Crippen LogP contribution in [0.4, 0.5) is 0 Å². The standard InChI is InChI=1S/C27H33N3O3/c1-5-17-32-20-24(31)18-29(21(3)6-2)19-26-22(4)28-30(23-13-9-7-10-14-23)27(26)33-25-15-11-8-12-16-25/h1,7-16,21,24,31H,6,17-20H2,2-4H3/t21-,24-/m1/s1. The zero-order valence-electron chi connectivity index (χ0n) is 19.6. The lowest BCUT2D eigenvalue weighted by Gasteiger charge is -2.30. The minimum absolute atomic E-state index is 0.193. The van der Waals surface area contributed by atoms with Crippen molar-refractivity contribution in [3.63, 3.8) is 0 Å².